The molecule has 0 saturated carbocycles. The van der Waals surface area contributed by atoms with Crippen molar-refractivity contribution in [1.82, 2.24) is 64.8 Å². The van der Waals surface area contributed by atoms with Gasteiger partial charge in [-0.3, -0.25) is 4.98 Å². The molecule has 10 aromatic rings. The van der Waals surface area contributed by atoms with Crippen LogP contribution in [0.3, 0.4) is 0 Å². The predicted molar refractivity (Wildman–Crippen MR) is 421 cm³/mol. The van der Waals surface area contributed by atoms with E-state index < -0.39 is 42.7 Å². The Labute approximate surface area is 622 Å². The number of carbonyl (C=O) groups is 1. The van der Waals surface area contributed by atoms with Crippen LogP contribution in [-0.2, 0) is 4.79 Å². The summed E-state index contributed by atoms with van der Waals surface area (Å²) >= 11 is 0. The summed E-state index contributed by atoms with van der Waals surface area (Å²) in [4.78, 5) is 65.3. The number of carbonyl (C=O) groups excluding carboxylic acids is 1. The zero-order chi connectivity index (χ0) is 78.2. The van der Waals surface area contributed by atoms with Crippen LogP contribution in [0.2, 0.25) is 0 Å². The third-order valence-corrected chi connectivity index (χ3v) is 17.4. The molecule has 0 radical (unpaired) electrons. The molecule has 0 aliphatic heterocycles. The average Bonchev–Trinajstić information content (AvgIpc) is 0.870. The first-order chi connectivity index (χ1) is 51.3. The van der Waals surface area contributed by atoms with Gasteiger partial charge >= 0.3 is 0 Å². The Bertz CT molecular complexity index is 4290. The minimum atomic E-state index is -1.17. The lowest BCUT2D eigenvalue weighted by Crippen LogP contribution is -2.36. The molecular weight excluding hydrogens is 1380 g/mol. The number of benzene rings is 2. The molecule has 3 unspecified atom stereocenters. The Morgan fingerprint density at radius 3 is 1.48 bits per heavy atom. The molecule has 0 saturated heterocycles. The van der Waals surface area contributed by atoms with Crippen molar-refractivity contribution in [2.24, 2.45) is 0 Å². The average molecular weight is 1480 g/mol. The summed E-state index contributed by atoms with van der Waals surface area (Å²) in [6, 6.07) is 18.7. The number of hydrogen-bond acceptors (Lipinski definition) is 29. The van der Waals surface area contributed by atoms with Gasteiger partial charge in [0.25, 0.3) is 0 Å². The molecule has 8 heterocycles. The third-order valence-electron chi connectivity index (χ3n) is 17.4. The molecule has 0 bridgehead atoms. The van der Waals surface area contributed by atoms with E-state index in [-0.39, 0.29) is 77.1 Å². The molecule has 0 amide bonds. The van der Waals surface area contributed by atoms with E-state index in [2.05, 4.69) is 126 Å². The number of para-hydroxylation sites is 1. The number of ether oxygens (including phenoxy) is 1. The number of aliphatic hydroxyl groups is 4. The Hall–Kier alpha value is -10.3. The number of rotatable bonds is 34. The molecule has 0 fully saturated rings. The standard InChI is InChI=1S/C17H24FN5O.C15H22N4O2.C15H22N4O.C14H19F2N5O.C14H21N5O/c1-4-5-7-17(3,8-6-11(2)24)23-15-14-13(21-16(19)22-15)9-12(18)10-20-14;1-3-4-5-10(9-20)17-14-12-7-6-11(21-2)8-13(12)18-15(16)19-14;1-3-4-8-12(10(2)20)17-14-11-7-5-6-9-13(11)18-15(16)19-14;1-2-3-4-9(11(22)6-15)19-13-12-10(20-14(17)21-13)5-8(16)7-18-12;1-3-4-6-10(9(2)20)17-13-12-11(7-5-8-16-12)18-14(15)19-13/h9-10H,4-8H2,1-3H3,(H3,19,21,22,23);6-8,10,20H,3-5,9H2,1-2H3,(H3,16,17,18,19);5-7,9-10,12,20H,3-4,8H2,1-2H3,(H3,16,17,18,19);5,7,9,11,22H,2-4,6H2,1H3,(H3,17,19,20,21);5,7-10,20H,3-4,6H2,1-2H3,(H3,15,17,18,19)/t17-;10-;10?,12-;9-,11?;9?,10-/m01111/s1. The second kappa shape index (κ2) is 43.3. The normalized spacial score (nSPS) is 13.7. The first-order valence-electron chi connectivity index (χ1n) is 36.5. The molecule has 2 aromatic carbocycles. The van der Waals surface area contributed by atoms with E-state index in [1.54, 1.807) is 34.1 Å². The van der Waals surface area contributed by atoms with E-state index in [4.69, 9.17) is 33.4 Å². The number of aromatic nitrogens is 13. The van der Waals surface area contributed by atoms with Gasteiger partial charge in [-0.25, -0.2) is 48.1 Å². The quantitative estimate of drug-likeness (QED) is 0.0178. The number of unbranched alkanes of at least 4 members (excludes halogenated alkanes) is 5. The van der Waals surface area contributed by atoms with Crippen LogP contribution in [0.5, 0.6) is 5.75 Å². The molecule has 32 heteroatoms. The number of anilines is 10. The predicted octanol–water partition coefficient (Wildman–Crippen LogP) is 12.2. The van der Waals surface area contributed by atoms with Gasteiger partial charge in [-0.1, -0.05) is 111 Å². The van der Waals surface area contributed by atoms with Crippen LogP contribution < -0.4 is 60.0 Å². The number of aliphatic hydroxyl groups excluding tert-OH is 4. The van der Waals surface area contributed by atoms with Gasteiger partial charge in [0.05, 0.1) is 90.1 Å². The Kier molecular flexibility index (Phi) is 34.7. The molecule has 29 nitrogen and oxygen atoms in total. The molecular formula is C75H108F3N23O6. The van der Waals surface area contributed by atoms with Crippen molar-refractivity contribution in [2.75, 3.05) is 75.6 Å². The largest absolute Gasteiger partial charge is 0.497 e. The Morgan fingerprint density at radius 2 is 0.953 bits per heavy atom. The van der Waals surface area contributed by atoms with Crippen LogP contribution in [0.1, 0.15) is 171 Å². The van der Waals surface area contributed by atoms with Crippen molar-refractivity contribution in [1.29, 1.82) is 0 Å². The Balaban J connectivity index is 0.000000210. The molecule has 0 aliphatic rings. The number of fused-ring (bicyclic) bond motifs is 5. The topological polar surface area (TPSA) is 465 Å². The number of pyridine rings is 3. The van der Waals surface area contributed by atoms with Gasteiger partial charge in [0, 0.05) is 47.1 Å². The van der Waals surface area contributed by atoms with Crippen molar-refractivity contribution in [3.05, 3.63) is 97.0 Å². The number of alkyl halides is 1. The maximum atomic E-state index is 13.4. The van der Waals surface area contributed by atoms with Gasteiger partial charge in [-0.2, -0.15) is 24.9 Å². The highest BCUT2D eigenvalue weighted by molar-refractivity contribution is 5.92. The lowest BCUT2D eigenvalue weighted by Gasteiger charge is -2.31. The number of nitrogens with one attached hydrogen (secondary N) is 5. The smallest absolute Gasteiger partial charge is 0.222 e. The fourth-order valence-corrected chi connectivity index (χ4v) is 11.4. The zero-order valence-electron chi connectivity index (χ0n) is 63.0. The third kappa shape index (κ3) is 26.9. The number of Topliss-reactive ketones (excluding diaryl/α,β-unsaturated/α-hetero) is 1. The minimum absolute atomic E-state index is 0.0346. The maximum absolute atomic E-state index is 13.4. The summed E-state index contributed by atoms with van der Waals surface area (Å²) in [5.41, 5.74) is 32.6. The van der Waals surface area contributed by atoms with E-state index in [0.29, 0.717) is 70.1 Å². The number of methoxy groups -OCH3 is 1. The fraction of sp³-hybridized carbons (Fsp3) is 0.493. The van der Waals surface area contributed by atoms with Gasteiger partial charge in [-0.15, -0.1) is 0 Å². The van der Waals surface area contributed by atoms with E-state index in [0.717, 1.165) is 130 Å². The second-order valence-electron chi connectivity index (χ2n) is 26.5. The highest BCUT2D eigenvalue weighted by atomic mass is 19.1. The number of ketones is 1. The first-order valence-corrected chi connectivity index (χ1v) is 36.5. The number of nitrogens with zero attached hydrogens (tertiary/aromatic N) is 13. The van der Waals surface area contributed by atoms with E-state index in [1.807, 2.05) is 61.5 Å². The SMILES string of the molecule is CCCC[C@@H](Nc1nc(N)nc2cc(F)cnc12)C(O)CF.CCCC[C@@H](Nc1nc(N)nc2ccccc12)C(C)O.CCCC[C@@H](Nc1nc(N)nc2cccnc12)C(C)O.CCCC[C@@](C)(CCC(C)=O)Nc1nc(N)nc2cc(F)cnc12.CCCC[C@H](CO)Nc1nc(N)nc2cc(OC)ccc12. The van der Waals surface area contributed by atoms with Crippen molar-refractivity contribution < 1.29 is 43.1 Å². The Morgan fingerprint density at radius 1 is 0.514 bits per heavy atom. The first kappa shape index (κ1) is 85.6. The lowest BCUT2D eigenvalue weighted by atomic mass is 9.89. The maximum Gasteiger partial charge on any atom is 0.222 e. The van der Waals surface area contributed by atoms with Gasteiger partial charge in [-0.05, 0) is 103 Å². The fourth-order valence-electron chi connectivity index (χ4n) is 11.4. The summed E-state index contributed by atoms with van der Waals surface area (Å²) in [6.45, 7) is 16.9. The van der Waals surface area contributed by atoms with Crippen molar-refractivity contribution in [2.45, 2.75) is 219 Å². The van der Waals surface area contributed by atoms with E-state index in [9.17, 15) is 38.4 Å². The number of hydrogen-bond donors (Lipinski definition) is 14. The molecule has 10 rings (SSSR count). The van der Waals surface area contributed by atoms with Crippen molar-refractivity contribution in [3.8, 4) is 5.75 Å². The van der Waals surface area contributed by atoms with Crippen molar-refractivity contribution in [3.63, 3.8) is 0 Å². The molecule has 19 N–H and O–H groups in total. The minimum Gasteiger partial charge on any atom is -0.497 e. The summed E-state index contributed by atoms with van der Waals surface area (Å²) in [5, 5.41) is 57.0. The highest BCUT2D eigenvalue weighted by Gasteiger charge is 2.27. The van der Waals surface area contributed by atoms with Crippen LogP contribution in [0.4, 0.5) is 72.0 Å². The van der Waals surface area contributed by atoms with Crippen LogP contribution in [0.25, 0.3) is 54.9 Å². The molecule has 580 valence electrons. The summed E-state index contributed by atoms with van der Waals surface area (Å²) in [7, 11) is 1.61. The zero-order valence-corrected chi connectivity index (χ0v) is 63.0. The lowest BCUT2D eigenvalue weighted by molar-refractivity contribution is -0.117. The second-order valence-corrected chi connectivity index (χ2v) is 26.5. The monoisotopic (exact) mass is 1480 g/mol. The molecule has 107 heavy (non-hydrogen) atoms. The summed E-state index contributed by atoms with van der Waals surface area (Å²) < 4.78 is 44.6. The van der Waals surface area contributed by atoms with E-state index in [1.165, 1.54) is 12.1 Å². The summed E-state index contributed by atoms with van der Waals surface area (Å²) in [5.74, 6) is 3.15. The van der Waals surface area contributed by atoms with Crippen LogP contribution >= 0.6 is 0 Å². The molecule has 0 aliphatic carbocycles. The van der Waals surface area contributed by atoms with Gasteiger partial charge < -0.3 is 85.2 Å². The van der Waals surface area contributed by atoms with Gasteiger partial charge in [0.2, 0.25) is 29.7 Å². The van der Waals surface area contributed by atoms with Crippen LogP contribution in [-0.4, -0.2) is 159 Å². The molecule has 0 spiro atoms. The van der Waals surface area contributed by atoms with Crippen LogP contribution in [0, 0.1) is 11.6 Å². The van der Waals surface area contributed by atoms with Crippen molar-refractivity contribution >= 4 is 120 Å². The van der Waals surface area contributed by atoms with E-state index >= 15 is 0 Å². The number of halogens is 3. The van der Waals surface area contributed by atoms with Gasteiger partial charge in [0.1, 0.15) is 64.1 Å². The number of nitrogens with two attached hydrogens (primary N) is 5. The summed E-state index contributed by atoms with van der Waals surface area (Å²) in [6.07, 6.45) is 17.2. The van der Waals surface area contributed by atoms with Crippen LogP contribution in [0.15, 0.2) is 85.3 Å². The number of nitrogen functional groups attached to an aromatic ring is 5. The molecule has 8 aromatic heterocycles. The highest BCUT2D eigenvalue weighted by Crippen LogP contribution is 2.31. The van der Waals surface area contributed by atoms with Gasteiger partial charge in [0.15, 0.2) is 17.5 Å². The molecule has 8 atom stereocenters.